The van der Waals surface area contributed by atoms with E-state index in [1.165, 1.54) is 12.8 Å². The summed E-state index contributed by atoms with van der Waals surface area (Å²) in [6, 6.07) is 3.67. The number of aromatic nitrogens is 2. The number of nitrogens with zero attached hydrogens (tertiary/aromatic N) is 2. The van der Waals surface area contributed by atoms with E-state index in [0.29, 0.717) is 28.8 Å². The minimum Gasteiger partial charge on any atom is -0.478 e. The highest BCUT2D eigenvalue weighted by molar-refractivity contribution is 5.97. The van der Waals surface area contributed by atoms with Gasteiger partial charge in [-0.25, -0.2) is 4.79 Å². The van der Waals surface area contributed by atoms with Crippen LogP contribution < -0.4 is 0 Å². The molecule has 0 amide bonds. The normalized spacial score (nSPS) is 14.5. The summed E-state index contributed by atoms with van der Waals surface area (Å²) in [7, 11) is 0. The molecule has 1 aliphatic carbocycles. The molecule has 0 radical (unpaired) electrons. The molecule has 0 aliphatic heterocycles. The van der Waals surface area contributed by atoms with Crippen molar-refractivity contribution in [2.75, 3.05) is 0 Å². The molecule has 3 rings (SSSR count). The van der Waals surface area contributed by atoms with Crippen LogP contribution in [0.1, 0.15) is 40.2 Å². The van der Waals surface area contributed by atoms with E-state index in [1.807, 2.05) is 13.0 Å². The highest BCUT2D eigenvalue weighted by atomic mass is 16.4. The van der Waals surface area contributed by atoms with Gasteiger partial charge in [-0.2, -0.15) is 0 Å². The average molecular weight is 272 g/mol. The molecule has 1 fully saturated rings. The van der Waals surface area contributed by atoms with Crippen molar-refractivity contribution in [1.29, 1.82) is 0 Å². The van der Waals surface area contributed by atoms with Crippen molar-refractivity contribution in [1.82, 2.24) is 10.2 Å². The first-order chi connectivity index (χ1) is 9.56. The molecule has 1 N–H and O–H groups in total. The molecule has 1 aliphatic rings. The van der Waals surface area contributed by atoms with E-state index in [0.717, 1.165) is 12.0 Å². The maximum atomic E-state index is 11.5. The number of carboxylic acids is 1. The van der Waals surface area contributed by atoms with E-state index in [2.05, 4.69) is 10.2 Å². The van der Waals surface area contributed by atoms with Gasteiger partial charge >= 0.3 is 5.97 Å². The molecule has 20 heavy (non-hydrogen) atoms. The van der Waals surface area contributed by atoms with Gasteiger partial charge in [-0.1, -0.05) is 12.1 Å². The lowest BCUT2D eigenvalue weighted by atomic mass is 9.97. The second-order valence-corrected chi connectivity index (χ2v) is 5.40. The molecule has 2 aromatic rings. The fourth-order valence-electron chi connectivity index (χ4n) is 2.37. The molecular weight excluding hydrogens is 256 g/mol. The molecule has 0 unspecified atom stereocenters. The molecule has 1 aromatic heterocycles. The van der Waals surface area contributed by atoms with Gasteiger partial charge in [0.1, 0.15) is 0 Å². The Labute approximate surface area is 116 Å². The highest BCUT2D eigenvalue weighted by Gasteiger charge is 2.26. The molecule has 0 atom stereocenters. The molecule has 0 saturated heterocycles. The van der Waals surface area contributed by atoms with E-state index in [4.69, 9.17) is 4.42 Å². The summed E-state index contributed by atoms with van der Waals surface area (Å²) in [6.07, 6.45) is 3.21. The second-order valence-electron chi connectivity index (χ2n) is 5.40. The Morgan fingerprint density at radius 3 is 2.65 bits per heavy atom. The van der Waals surface area contributed by atoms with Crippen molar-refractivity contribution < 1.29 is 14.3 Å². The quantitative estimate of drug-likeness (QED) is 0.925. The van der Waals surface area contributed by atoms with Crippen molar-refractivity contribution in [2.45, 2.75) is 33.1 Å². The first-order valence-electron chi connectivity index (χ1n) is 6.72. The van der Waals surface area contributed by atoms with E-state index in [-0.39, 0.29) is 5.56 Å². The van der Waals surface area contributed by atoms with Crippen LogP contribution >= 0.6 is 0 Å². The number of benzene rings is 1. The molecular formula is C15H16N2O3. The third kappa shape index (κ3) is 2.31. The van der Waals surface area contributed by atoms with Crippen LogP contribution in [0.5, 0.6) is 0 Å². The maximum Gasteiger partial charge on any atom is 0.336 e. The third-order valence-electron chi connectivity index (χ3n) is 3.68. The van der Waals surface area contributed by atoms with Gasteiger partial charge in [0.05, 0.1) is 11.1 Å². The van der Waals surface area contributed by atoms with E-state index in [9.17, 15) is 9.90 Å². The van der Waals surface area contributed by atoms with Crippen molar-refractivity contribution in [3.05, 3.63) is 34.7 Å². The Morgan fingerprint density at radius 1 is 1.30 bits per heavy atom. The summed E-state index contributed by atoms with van der Waals surface area (Å²) >= 11 is 0. The Morgan fingerprint density at radius 2 is 2.00 bits per heavy atom. The zero-order valence-corrected chi connectivity index (χ0v) is 11.5. The monoisotopic (exact) mass is 272 g/mol. The van der Waals surface area contributed by atoms with Crippen LogP contribution in [0.3, 0.4) is 0 Å². The molecule has 5 nitrogen and oxygen atoms in total. The van der Waals surface area contributed by atoms with Crippen molar-refractivity contribution in [3.8, 4) is 11.5 Å². The van der Waals surface area contributed by atoms with Crippen molar-refractivity contribution in [3.63, 3.8) is 0 Å². The summed E-state index contributed by atoms with van der Waals surface area (Å²) in [5.74, 6) is 0.586. The average Bonchev–Trinajstić information content (AvgIpc) is 3.08. The number of hydrogen-bond acceptors (Lipinski definition) is 4. The minimum atomic E-state index is -0.969. The lowest BCUT2D eigenvalue weighted by Gasteiger charge is -2.08. The number of hydrogen-bond donors (Lipinski definition) is 1. The smallest absolute Gasteiger partial charge is 0.336 e. The standard InChI is InChI=1S/C15H16N2O3/c1-8-3-4-9(2)13(15(18)19)12(8)14-17-16-11(20-14)7-10-5-6-10/h3-4,10H,5-7H2,1-2H3,(H,18,19). The van der Waals surface area contributed by atoms with Gasteiger partial charge in [-0.15, -0.1) is 10.2 Å². The third-order valence-corrected chi connectivity index (χ3v) is 3.68. The first kappa shape index (κ1) is 12.8. The number of aromatic carboxylic acids is 1. The fraction of sp³-hybridized carbons (Fsp3) is 0.400. The Kier molecular flexibility index (Phi) is 3.04. The maximum absolute atomic E-state index is 11.5. The lowest BCUT2D eigenvalue weighted by molar-refractivity contribution is 0.0696. The number of aryl methyl sites for hydroxylation is 2. The SMILES string of the molecule is Cc1ccc(C)c(-c2nnc(CC3CC3)o2)c1C(=O)O. The number of carboxylic acid groups (broad SMARTS) is 1. The Balaban J connectivity index is 2.05. The molecule has 5 heteroatoms. The predicted octanol–water partition coefficient (Wildman–Crippen LogP) is 3.00. The van der Waals surface area contributed by atoms with Crippen LogP contribution in [0.4, 0.5) is 0 Å². The van der Waals surface area contributed by atoms with Gasteiger partial charge < -0.3 is 9.52 Å². The summed E-state index contributed by atoms with van der Waals surface area (Å²) in [5.41, 5.74) is 2.30. The lowest BCUT2D eigenvalue weighted by Crippen LogP contribution is -2.04. The van der Waals surface area contributed by atoms with E-state index < -0.39 is 5.97 Å². The minimum absolute atomic E-state index is 0.242. The molecule has 1 aromatic carbocycles. The summed E-state index contributed by atoms with van der Waals surface area (Å²) < 4.78 is 5.66. The zero-order valence-electron chi connectivity index (χ0n) is 11.5. The Hall–Kier alpha value is -2.17. The largest absolute Gasteiger partial charge is 0.478 e. The number of rotatable bonds is 4. The van der Waals surface area contributed by atoms with Crippen LogP contribution in [0.15, 0.2) is 16.5 Å². The predicted molar refractivity (Wildman–Crippen MR) is 72.6 cm³/mol. The van der Waals surface area contributed by atoms with Crippen LogP contribution in [0, 0.1) is 19.8 Å². The van der Waals surface area contributed by atoms with Crippen LogP contribution in [0.2, 0.25) is 0 Å². The summed E-state index contributed by atoms with van der Waals surface area (Å²) in [4.78, 5) is 11.5. The molecule has 104 valence electrons. The zero-order chi connectivity index (χ0) is 14.3. The number of carbonyl (C=O) groups is 1. The van der Waals surface area contributed by atoms with Gasteiger partial charge in [0, 0.05) is 6.42 Å². The Bertz CT molecular complexity index is 672. The van der Waals surface area contributed by atoms with Gasteiger partial charge in [0.2, 0.25) is 11.8 Å². The van der Waals surface area contributed by atoms with Gasteiger partial charge in [0.15, 0.2) is 0 Å². The molecule has 1 saturated carbocycles. The van der Waals surface area contributed by atoms with Gasteiger partial charge in [-0.3, -0.25) is 0 Å². The molecule has 1 heterocycles. The first-order valence-corrected chi connectivity index (χ1v) is 6.72. The van der Waals surface area contributed by atoms with Crippen molar-refractivity contribution >= 4 is 5.97 Å². The van der Waals surface area contributed by atoms with Crippen molar-refractivity contribution in [2.24, 2.45) is 5.92 Å². The van der Waals surface area contributed by atoms with Crippen LogP contribution in [-0.2, 0) is 6.42 Å². The molecule has 0 spiro atoms. The summed E-state index contributed by atoms with van der Waals surface area (Å²) in [5, 5.41) is 17.5. The highest BCUT2D eigenvalue weighted by Crippen LogP contribution is 2.34. The van der Waals surface area contributed by atoms with E-state index in [1.54, 1.807) is 13.0 Å². The fourth-order valence-corrected chi connectivity index (χ4v) is 2.37. The van der Waals surface area contributed by atoms with Gasteiger partial charge in [-0.05, 0) is 43.7 Å². The van der Waals surface area contributed by atoms with Gasteiger partial charge in [0.25, 0.3) is 0 Å². The van der Waals surface area contributed by atoms with Crippen LogP contribution in [0.25, 0.3) is 11.5 Å². The summed E-state index contributed by atoms with van der Waals surface area (Å²) in [6.45, 7) is 3.62. The van der Waals surface area contributed by atoms with E-state index >= 15 is 0 Å². The second kappa shape index (κ2) is 4.74. The molecule has 0 bridgehead atoms. The van der Waals surface area contributed by atoms with Crippen LogP contribution in [-0.4, -0.2) is 21.3 Å². The topological polar surface area (TPSA) is 76.2 Å².